The number of likely N-dealkylation sites (tertiary alicyclic amines) is 1. The van der Waals surface area contributed by atoms with E-state index in [-0.39, 0.29) is 5.91 Å². The molecule has 2 aromatic heterocycles. The minimum absolute atomic E-state index is 0.0181. The highest BCUT2D eigenvalue weighted by Gasteiger charge is 2.28. The molecule has 1 unspecified atom stereocenters. The molecule has 0 radical (unpaired) electrons. The maximum Gasteiger partial charge on any atom is 0.257 e. The molecule has 0 aromatic carbocycles. The van der Waals surface area contributed by atoms with Crippen LogP contribution in [0.2, 0.25) is 5.02 Å². The molecule has 3 rings (SSSR count). The van der Waals surface area contributed by atoms with Crippen molar-refractivity contribution in [2.24, 2.45) is 0 Å². The molecular weight excluding hydrogens is 302 g/mol. The lowest BCUT2D eigenvalue weighted by atomic mass is 10.2. The number of amides is 1. The number of hydrogen-bond donors (Lipinski definition) is 0. The summed E-state index contributed by atoms with van der Waals surface area (Å²) in [6, 6.07) is 3.94. The van der Waals surface area contributed by atoms with Gasteiger partial charge in [0.25, 0.3) is 5.91 Å². The lowest BCUT2D eigenvalue weighted by Gasteiger charge is -2.19. The third kappa shape index (κ3) is 2.98. The summed E-state index contributed by atoms with van der Waals surface area (Å²) < 4.78 is 1.59. The number of halogens is 1. The predicted molar refractivity (Wildman–Crippen MR) is 84.4 cm³/mol. The van der Waals surface area contributed by atoms with Gasteiger partial charge in [-0.1, -0.05) is 11.6 Å². The highest BCUT2D eigenvalue weighted by atomic mass is 35.5. The Hall–Kier alpha value is -1.92. The van der Waals surface area contributed by atoms with Gasteiger partial charge in [0.15, 0.2) is 5.82 Å². The van der Waals surface area contributed by atoms with Crippen LogP contribution < -0.4 is 0 Å². The second-order valence-electron chi connectivity index (χ2n) is 5.67. The zero-order valence-electron chi connectivity index (χ0n) is 12.6. The number of hydrogen-bond acceptors (Lipinski definition) is 4. The van der Waals surface area contributed by atoms with E-state index in [1.54, 1.807) is 35.4 Å². The number of rotatable bonds is 3. The van der Waals surface area contributed by atoms with Crippen LogP contribution >= 0.6 is 11.6 Å². The van der Waals surface area contributed by atoms with Crippen molar-refractivity contribution in [2.45, 2.75) is 12.5 Å². The summed E-state index contributed by atoms with van der Waals surface area (Å²) in [6.07, 6.45) is 5.86. The monoisotopic (exact) mass is 319 g/mol. The summed E-state index contributed by atoms with van der Waals surface area (Å²) >= 11 is 5.82. The largest absolute Gasteiger partial charge is 0.337 e. The van der Waals surface area contributed by atoms with Crippen LogP contribution in [0.5, 0.6) is 0 Å². The zero-order valence-corrected chi connectivity index (χ0v) is 13.4. The fourth-order valence-corrected chi connectivity index (χ4v) is 2.70. The molecule has 0 spiro atoms. The molecule has 1 aliphatic rings. The van der Waals surface area contributed by atoms with E-state index in [0.29, 0.717) is 22.4 Å². The maximum atomic E-state index is 12.5. The van der Waals surface area contributed by atoms with Crippen molar-refractivity contribution in [2.75, 3.05) is 27.2 Å². The van der Waals surface area contributed by atoms with Crippen LogP contribution in [0, 0.1) is 0 Å². The number of carbonyl (C=O) groups excluding carboxylic acids is 1. The number of likely N-dealkylation sites (N-methyl/N-ethyl adjacent to an activating group) is 1. The Balaban J connectivity index is 1.74. The zero-order chi connectivity index (χ0) is 15.7. The van der Waals surface area contributed by atoms with Crippen LogP contribution in [0.25, 0.3) is 5.82 Å². The van der Waals surface area contributed by atoms with Crippen LogP contribution in [0.4, 0.5) is 0 Å². The Labute approximate surface area is 134 Å². The molecule has 0 saturated carbocycles. The van der Waals surface area contributed by atoms with Crippen molar-refractivity contribution in [3.8, 4) is 5.82 Å². The molecule has 22 heavy (non-hydrogen) atoms. The van der Waals surface area contributed by atoms with Gasteiger partial charge in [-0.2, -0.15) is 5.10 Å². The molecule has 3 heterocycles. The first-order valence-corrected chi connectivity index (χ1v) is 7.54. The summed E-state index contributed by atoms with van der Waals surface area (Å²) in [5.41, 5.74) is 0.580. The van der Waals surface area contributed by atoms with E-state index in [1.807, 2.05) is 19.0 Å². The average molecular weight is 320 g/mol. The topological polar surface area (TPSA) is 54.3 Å². The van der Waals surface area contributed by atoms with E-state index in [0.717, 1.165) is 19.5 Å². The van der Waals surface area contributed by atoms with Gasteiger partial charge in [0.05, 0.1) is 16.8 Å². The van der Waals surface area contributed by atoms with Crippen LogP contribution in [0.15, 0.2) is 30.7 Å². The molecule has 1 atom stereocenters. The second kappa shape index (κ2) is 6.06. The van der Waals surface area contributed by atoms with Crippen LogP contribution in [0.3, 0.4) is 0 Å². The quantitative estimate of drug-likeness (QED) is 0.864. The first kappa shape index (κ1) is 15.0. The Bertz CT molecular complexity index is 667. The highest BCUT2D eigenvalue weighted by molar-refractivity contribution is 6.30. The third-order valence-corrected chi connectivity index (χ3v) is 4.18. The van der Waals surface area contributed by atoms with E-state index >= 15 is 0 Å². The molecule has 1 aliphatic heterocycles. The van der Waals surface area contributed by atoms with Gasteiger partial charge >= 0.3 is 0 Å². The summed E-state index contributed by atoms with van der Waals surface area (Å²) in [5, 5.41) is 4.78. The minimum Gasteiger partial charge on any atom is -0.337 e. The van der Waals surface area contributed by atoms with E-state index in [4.69, 9.17) is 11.6 Å². The van der Waals surface area contributed by atoms with Crippen molar-refractivity contribution in [1.82, 2.24) is 24.6 Å². The van der Waals surface area contributed by atoms with Crippen molar-refractivity contribution in [3.63, 3.8) is 0 Å². The smallest absolute Gasteiger partial charge is 0.257 e. The van der Waals surface area contributed by atoms with Crippen LogP contribution in [-0.4, -0.2) is 63.7 Å². The highest BCUT2D eigenvalue weighted by Crippen LogP contribution is 2.17. The van der Waals surface area contributed by atoms with Crippen molar-refractivity contribution in [3.05, 3.63) is 41.3 Å². The van der Waals surface area contributed by atoms with Crippen molar-refractivity contribution >= 4 is 17.5 Å². The minimum atomic E-state index is 0.0181. The Morgan fingerprint density at radius 2 is 2.18 bits per heavy atom. The molecule has 0 bridgehead atoms. The van der Waals surface area contributed by atoms with E-state index in [2.05, 4.69) is 15.0 Å². The van der Waals surface area contributed by atoms with Gasteiger partial charge in [-0.3, -0.25) is 4.79 Å². The van der Waals surface area contributed by atoms with Gasteiger partial charge in [-0.05, 0) is 32.6 Å². The van der Waals surface area contributed by atoms with E-state index in [1.165, 1.54) is 0 Å². The van der Waals surface area contributed by atoms with Crippen molar-refractivity contribution in [1.29, 1.82) is 0 Å². The molecular formula is C15H18ClN5O. The number of aromatic nitrogens is 3. The summed E-state index contributed by atoms with van der Waals surface area (Å²) in [4.78, 5) is 20.8. The number of pyridine rings is 1. The fourth-order valence-electron chi connectivity index (χ4n) is 2.59. The molecule has 1 fully saturated rings. The number of nitrogens with zero attached hydrogens (tertiary/aromatic N) is 5. The SMILES string of the molecule is CN(C)C1CCN(C(=O)c2cnn(-c3ccc(Cl)cn3)c2)C1. The normalized spacial score (nSPS) is 18.2. The Morgan fingerprint density at radius 3 is 2.82 bits per heavy atom. The van der Waals surface area contributed by atoms with Gasteiger partial charge in [-0.25, -0.2) is 9.67 Å². The van der Waals surface area contributed by atoms with Gasteiger partial charge in [0, 0.05) is 31.5 Å². The predicted octanol–water partition coefficient (Wildman–Crippen LogP) is 1.70. The average Bonchev–Trinajstić information content (AvgIpc) is 3.17. The van der Waals surface area contributed by atoms with Gasteiger partial charge < -0.3 is 9.80 Å². The summed E-state index contributed by atoms with van der Waals surface area (Å²) in [7, 11) is 4.09. The number of carbonyl (C=O) groups is 1. The van der Waals surface area contributed by atoms with Crippen LogP contribution in [0.1, 0.15) is 16.8 Å². The molecule has 7 heteroatoms. The summed E-state index contributed by atoms with van der Waals surface area (Å²) in [5.74, 6) is 0.653. The van der Waals surface area contributed by atoms with E-state index < -0.39 is 0 Å². The molecule has 116 valence electrons. The van der Waals surface area contributed by atoms with Crippen molar-refractivity contribution < 1.29 is 4.79 Å². The fraction of sp³-hybridized carbons (Fsp3) is 0.400. The van der Waals surface area contributed by atoms with E-state index in [9.17, 15) is 4.79 Å². The molecule has 1 saturated heterocycles. The second-order valence-corrected chi connectivity index (χ2v) is 6.10. The summed E-state index contributed by atoms with van der Waals surface area (Å²) in [6.45, 7) is 1.54. The first-order valence-electron chi connectivity index (χ1n) is 7.17. The Morgan fingerprint density at radius 1 is 1.36 bits per heavy atom. The van der Waals surface area contributed by atoms with Gasteiger partial charge in [0.2, 0.25) is 0 Å². The molecule has 0 aliphatic carbocycles. The molecule has 2 aromatic rings. The van der Waals surface area contributed by atoms with Gasteiger partial charge in [-0.15, -0.1) is 0 Å². The van der Waals surface area contributed by atoms with Crippen LogP contribution in [-0.2, 0) is 0 Å². The third-order valence-electron chi connectivity index (χ3n) is 3.96. The molecule has 0 N–H and O–H groups in total. The molecule has 1 amide bonds. The Kier molecular flexibility index (Phi) is 4.13. The first-order chi connectivity index (χ1) is 10.5. The lowest BCUT2D eigenvalue weighted by molar-refractivity contribution is 0.0783. The lowest BCUT2D eigenvalue weighted by Crippen LogP contribution is -2.34. The maximum absolute atomic E-state index is 12.5. The molecule has 6 nitrogen and oxygen atoms in total. The standard InChI is InChI=1S/C15H18ClN5O/c1-19(2)13-5-6-20(10-13)15(22)11-7-18-21(9-11)14-4-3-12(16)8-17-14/h3-4,7-9,13H,5-6,10H2,1-2H3. The van der Waals surface area contributed by atoms with Gasteiger partial charge in [0.1, 0.15) is 0 Å².